The number of H-pyrrole nitrogens is 1. The van der Waals surface area contributed by atoms with Crippen LogP contribution in [0.2, 0.25) is 0 Å². The molecule has 0 bridgehead atoms. The Bertz CT molecular complexity index is 774. The molecule has 3 rings (SSSR count). The van der Waals surface area contributed by atoms with Crippen molar-refractivity contribution in [2.45, 2.75) is 32.2 Å². The van der Waals surface area contributed by atoms with Gasteiger partial charge in [-0.3, -0.25) is 10.1 Å². The van der Waals surface area contributed by atoms with Crippen molar-refractivity contribution in [2.75, 3.05) is 34.4 Å². The zero-order valence-electron chi connectivity index (χ0n) is 17.3. The number of nitrogens with zero attached hydrogens (tertiary/aromatic N) is 3. The van der Waals surface area contributed by atoms with Gasteiger partial charge in [0.2, 0.25) is 0 Å². The highest BCUT2D eigenvalue weighted by Gasteiger charge is 2.36. The highest BCUT2D eigenvalue weighted by atomic mass is 127. The largest absolute Gasteiger partial charge is 0.497 e. The molecular formula is C20H31IN6O2. The molecule has 160 valence electrons. The van der Waals surface area contributed by atoms with Crippen molar-refractivity contribution < 1.29 is 9.47 Å². The molecule has 8 nitrogen and oxygen atoms in total. The fourth-order valence-electron chi connectivity index (χ4n) is 3.41. The molecule has 0 atom stereocenters. The monoisotopic (exact) mass is 514 g/mol. The fraction of sp³-hybridized carbons (Fsp3) is 0.550. The summed E-state index contributed by atoms with van der Waals surface area (Å²) in [6.07, 6.45) is 4.87. The standard InChI is InChI=1S/C20H30N6O2.HI/c1-21-19(23-14-20(9-4-10-20)11-12-27-2)22-13-17-24-18(26-25-17)15-5-7-16(28-3)8-6-15;/h5-8H,4,9-14H2,1-3H3,(H2,21,22,23)(H,24,25,26);1H. The van der Waals surface area contributed by atoms with Crippen molar-refractivity contribution >= 4 is 29.9 Å². The van der Waals surface area contributed by atoms with Gasteiger partial charge in [-0.15, -0.1) is 24.0 Å². The minimum Gasteiger partial charge on any atom is -0.497 e. The highest BCUT2D eigenvalue weighted by molar-refractivity contribution is 14.0. The lowest BCUT2D eigenvalue weighted by atomic mass is 9.67. The SMILES string of the molecule is CN=C(NCc1nc(-c2ccc(OC)cc2)n[nH]1)NCC1(CCOC)CCC1.I. The molecule has 29 heavy (non-hydrogen) atoms. The van der Waals surface area contributed by atoms with Crippen LogP contribution in [-0.2, 0) is 11.3 Å². The van der Waals surface area contributed by atoms with Crippen LogP contribution in [0.3, 0.4) is 0 Å². The Morgan fingerprint density at radius 3 is 2.55 bits per heavy atom. The number of benzene rings is 1. The molecule has 0 radical (unpaired) electrons. The first-order valence-electron chi connectivity index (χ1n) is 9.67. The molecule has 1 saturated carbocycles. The van der Waals surface area contributed by atoms with Crippen molar-refractivity contribution in [1.29, 1.82) is 0 Å². The molecule has 0 saturated heterocycles. The summed E-state index contributed by atoms with van der Waals surface area (Å²) in [6, 6.07) is 7.68. The summed E-state index contributed by atoms with van der Waals surface area (Å²) in [4.78, 5) is 8.87. The average molecular weight is 514 g/mol. The molecule has 2 aromatic rings. The third kappa shape index (κ3) is 6.30. The van der Waals surface area contributed by atoms with Crippen LogP contribution in [0.4, 0.5) is 0 Å². The summed E-state index contributed by atoms with van der Waals surface area (Å²) in [5.41, 5.74) is 1.28. The average Bonchev–Trinajstić information content (AvgIpc) is 3.18. The van der Waals surface area contributed by atoms with Crippen LogP contribution in [0.1, 0.15) is 31.5 Å². The van der Waals surface area contributed by atoms with Gasteiger partial charge in [-0.25, -0.2) is 4.98 Å². The molecule has 0 spiro atoms. The van der Waals surface area contributed by atoms with Crippen LogP contribution in [0.15, 0.2) is 29.3 Å². The first-order chi connectivity index (χ1) is 13.7. The van der Waals surface area contributed by atoms with Crippen molar-refractivity contribution in [3.63, 3.8) is 0 Å². The first-order valence-corrected chi connectivity index (χ1v) is 9.67. The Morgan fingerprint density at radius 1 is 1.21 bits per heavy atom. The van der Waals surface area contributed by atoms with Crippen molar-refractivity contribution in [1.82, 2.24) is 25.8 Å². The van der Waals surface area contributed by atoms with Gasteiger partial charge in [0.05, 0.1) is 13.7 Å². The Hall–Kier alpha value is -1.88. The van der Waals surface area contributed by atoms with Gasteiger partial charge in [-0.05, 0) is 48.9 Å². The van der Waals surface area contributed by atoms with E-state index >= 15 is 0 Å². The van der Waals surface area contributed by atoms with Gasteiger partial charge in [0.1, 0.15) is 11.6 Å². The molecule has 1 aliphatic rings. The highest BCUT2D eigenvalue weighted by Crippen LogP contribution is 2.43. The number of rotatable bonds is 9. The van der Waals surface area contributed by atoms with E-state index in [0.717, 1.165) is 42.7 Å². The molecule has 0 unspecified atom stereocenters. The van der Waals surface area contributed by atoms with E-state index in [4.69, 9.17) is 9.47 Å². The molecular weight excluding hydrogens is 483 g/mol. The topological polar surface area (TPSA) is 96.5 Å². The molecule has 1 aromatic heterocycles. The number of ether oxygens (including phenoxy) is 2. The van der Waals surface area contributed by atoms with Gasteiger partial charge in [0.25, 0.3) is 0 Å². The maximum absolute atomic E-state index is 5.26. The van der Waals surface area contributed by atoms with E-state index in [9.17, 15) is 0 Å². The van der Waals surface area contributed by atoms with Crippen LogP contribution in [-0.4, -0.2) is 55.6 Å². The summed E-state index contributed by atoms with van der Waals surface area (Å²) in [5, 5.41) is 14.0. The van der Waals surface area contributed by atoms with Crippen molar-refractivity contribution in [2.24, 2.45) is 10.4 Å². The minimum absolute atomic E-state index is 0. The zero-order valence-corrected chi connectivity index (χ0v) is 19.7. The molecule has 0 amide bonds. The van der Waals surface area contributed by atoms with Gasteiger partial charge >= 0.3 is 0 Å². The summed E-state index contributed by atoms with van der Waals surface area (Å²) < 4.78 is 10.4. The predicted molar refractivity (Wildman–Crippen MR) is 125 cm³/mol. The zero-order chi connectivity index (χ0) is 19.8. The van der Waals surface area contributed by atoms with Crippen LogP contribution in [0.5, 0.6) is 5.75 Å². The summed E-state index contributed by atoms with van der Waals surface area (Å²) in [7, 11) is 5.19. The second-order valence-electron chi connectivity index (χ2n) is 7.21. The Labute approximate surface area is 189 Å². The number of halogens is 1. The number of hydrogen-bond acceptors (Lipinski definition) is 5. The van der Waals surface area contributed by atoms with Gasteiger partial charge in [-0.2, -0.15) is 5.10 Å². The summed E-state index contributed by atoms with van der Waals surface area (Å²) in [6.45, 7) is 2.23. The smallest absolute Gasteiger partial charge is 0.191 e. The van der Waals surface area contributed by atoms with E-state index in [-0.39, 0.29) is 24.0 Å². The molecule has 1 aromatic carbocycles. The number of guanidine groups is 1. The Morgan fingerprint density at radius 2 is 1.97 bits per heavy atom. The second kappa shape index (κ2) is 11.3. The molecule has 1 heterocycles. The molecule has 1 aliphatic carbocycles. The van der Waals surface area contributed by atoms with E-state index in [2.05, 4.69) is 30.8 Å². The molecule has 9 heteroatoms. The Balaban J connectivity index is 0.00000300. The lowest BCUT2D eigenvalue weighted by Gasteiger charge is -2.42. The number of methoxy groups -OCH3 is 2. The van der Waals surface area contributed by atoms with Crippen LogP contribution in [0, 0.1) is 5.41 Å². The summed E-state index contributed by atoms with van der Waals surface area (Å²) in [5.74, 6) is 3.00. The normalized spacial score (nSPS) is 15.2. The minimum atomic E-state index is 0. The van der Waals surface area contributed by atoms with Crippen LogP contribution >= 0.6 is 24.0 Å². The van der Waals surface area contributed by atoms with Gasteiger partial charge in [-0.1, -0.05) is 6.42 Å². The van der Waals surface area contributed by atoms with Gasteiger partial charge < -0.3 is 20.1 Å². The Kier molecular flexibility index (Phi) is 9.15. The third-order valence-corrected chi connectivity index (χ3v) is 5.41. The quantitative estimate of drug-likeness (QED) is 0.271. The number of aromatic nitrogens is 3. The molecule has 0 aliphatic heterocycles. The second-order valence-corrected chi connectivity index (χ2v) is 7.21. The number of aliphatic imine (C=N–C) groups is 1. The molecule has 3 N–H and O–H groups in total. The van der Waals surface area contributed by atoms with E-state index in [0.29, 0.717) is 17.8 Å². The van der Waals surface area contributed by atoms with Gasteiger partial charge in [0.15, 0.2) is 11.8 Å². The van der Waals surface area contributed by atoms with E-state index in [1.165, 1.54) is 19.3 Å². The van der Waals surface area contributed by atoms with Crippen molar-refractivity contribution in [3.8, 4) is 17.1 Å². The maximum atomic E-state index is 5.26. The lowest BCUT2D eigenvalue weighted by Crippen LogP contribution is -2.46. The van der Waals surface area contributed by atoms with Crippen LogP contribution < -0.4 is 15.4 Å². The predicted octanol–water partition coefficient (Wildman–Crippen LogP) is 2.97. The van der Waals surface area contributed by atoms with Crippen LogP contribution in [0.25, 0.3) is 11.4 Å². The van der Waals surface area contributed by atoms with E-state index < -0.39 is 0 Å². The van der Waals surface area contributed by atoms with E-state index in [1.54, 1.807) is 21.3 Å². The fourth-order valence-corrected chi connectivity index (χ4v) is 3.41. The van der Waals surface area contributed by atoms with Crippen molar-refractivity contribution in [3.05, 3.63) is 30.1 Å². The number of aromatic amines is 1. The number of hydrogen-bond donors (Lipinski definition) is 3. The van der Waals surface area contributed by atoms with Gasteiger partial charge in [0, 0.05) is 32.9 Å². The maximum Gasteiger partial charge on any atom is 0.191 e. The molecule has 1 fully saturated rings. The number of nitrogens with one attached hydrogen (secondary N) is 3. The van der Waals surface area contributed by atoms with E-state index in [1.807, 2.05) is 24.3 Å². The lowest BCUT2D eigenvalue weighted by molar-refractivity contribution is 0.0732. The summed E-state index contributed by atoms with van der Waals surface area (Å²) >= 11 is 0. The third-order valence-electron chi connectivity index (χ3n) is 5.41. The first kappa shape index (κ1) is 23.4.